The number of benzene rings is 1. The van der Waals surface area contributed by atoms with Crippen LogP contribution in [0.1, 0.15) is 18.6 Å². The summed E-state index contributed by atoms with van der Waals surface area (Å²) in [5.41, 5.74) is 1.20. The Kier molecular flexibility index (Phi) is 5.15. The Balaban J connectivity index is 2.75. The van der Waals surface area contributed by atoms with Gasteiger partial charge in [-0.1, -0.05) is 28.1 Å². The molecule has 1 aromatic rings. The number of likely N-dealkylation sites (N-methyl/N-ethyl adjacent to an activating group) is 1. The lowest BCUT2D eigenvalue weighted by Gasteiger charge is -2.17. The van der Waals surface area contributed by atoms with Gasteiger partial charge in [0.05, 0.1) is 6.10 Å². The predicted molar refractivity (Wildman–Crippen MR) is 62.4 cm³/mol. The minimum atomic E-state index is 0.141. The molecule has 0 amide bonds. The van der Waals surface area contributed by atoms with Crippen LogP contribution in [0.2, 0.25) is 0 Å². The van der Waals surface area contributed by atoms with E-state index in [1.54, 1.807) is 0 Å². The van der Waals surface area contributed by atoms with Crippen LogP contribution in [-0.4, -0.2) is 20.2 Å². The van der Waals surface area contributed by atoms with Gasteiger partial charge in [-0.15, -0.1) is 0 Å². The second kappa shape index (κ2) is 6.17. The fourth-order valence-corrected chi connectivity index (χ4v) is 1.78. The van der Waals surface area contributed by atoms with Gasteiger partial charge in [-0.05, 0) is 31.7 Å². The van der Waals surface area contributed by atoms with Gasteiger partial charge in [0.25, 0.3) is 0 Å². The average Bonchev–Trinajstić information content (AvgIpc) is 2.17. The molecule has 0 saturated carbocycles. The lowest BCUT2D eigenvalue weighted by Crippen LogP contribution is -2.19. The van der Waals surface area contributed by atoms with E-state index in [1.165, 1.54) is 5.56 Å². The molecule has 0 spiro atoms. The summed E-state index contributed by atoms with van der Waals surface area (Å²) in [5, 5.41) is 3.13. The molecule has 2 nitrogen and oxygen atoms in total. The highest BCUT2D eigenvalue weighted by Crippen LogP contribution is 2.20. The summed E-state index contributed by atoms with van der Waals surface area (Å²) in [6, 6.07) is 8.23. The molecule has 1 N–H and O–H groups in total. The Hall–Kier alpha value is -0.380. The third-order valence-electron chi connectivity index (χ3n) is 1.98. The first-order valence-corrected chi connectivity index (χ1v) is 5.59. The molecule has 0 radical (unpaired) electrons. The molecule has 1 aromatic carbocycles. The van der Waals surface area contributed by atoms with Crippen LogP contribution in [0.15, 0.2) is 28.7 Å². The molecular weight excluding hydrogens is 242 g/mol. The van der Waals surface area contributed by atoms with Gasteiger partial charge in [0.2, 0.25) is 0 Å². The molecule has 1 atom stereocenters. The van der Waals surface area contributed by atoms with Crippen molar-refractivity contribution in [3.8, 4) is 0 Å². The van der Waals surface area contributed by atoms with Gasteiger partial charge >= 0.3 is 0 Å². The SMILES string of the molecule is CCO[C@@H](CNC)c1cccc(Br)c1. The molecule has 0 unspecified atom stereocenters. The first-order valence-electron chi connectivity index (χ1n) is 4.79. The van der Waals surface area contributed by atoms with E-state index in [9.17, 15) is 0 Å². The van der Waals surface area contributed by atoms with E-state index in [0.717, 1.165) is 17.6 Å². The van der Waals surface area contributed by atoms with E-state index in [1.807, 2.05) is 26.1 Å². The van der Waals surface area contributed by atoms with Crippen LogP contribution in [0.25, 0.3) is 0 Å². The Morgan fingerprint density at radius 2 is 2.29 bits per heavy atom. The van der Waals surface area contributed by atoms with Crippen molar-refractivity contribution in [3.63, 3.8) is 0 Å². The molecule has 0 aromatic heterocycles. The minimum absolute atomic E-state index is 0.141. The van der Waals surface area contributed by atoms with Crippen molar-refractivity contribution in [1.82, 2.24) is 5.32 Å². The zero-order valence-corrected chi connectivity index (χ0v) is 10.2. The quantitative estimate of drug-likeness (QED) is 0.876. The normalized spacial score (nSPS) is 12.8. The molecule has 1 rings (SSSR count). The van der Waals surface area contributed by atoms with E-state index >= 15 is 0 Å². The molecule has 0 heterocycles. The van der Waals surface area contributed by atoms with Crippen molar-refractivity contribution < 1.29 is 4.74 Å². The molecule has 0 saturated heterocycles. The molecule has 78 valence electrons. The highest BCUT2D eigenvalue weighted by molar-refractivity contribution is 9.10. The van der Waals surface area contributed by atoms with Crippen LogP contribution in [0.5, 0.6) is 0 Å². The molecule has 0 bridgehead atoms. The fraction of sp³-hybridized carbons (Fsp3) is 0.455. The average molecular weight is 258 g/mol. The van der Waals surface area contributed by atoms with Crippen LogP contribution in [0.4, 0.5) is 0 Å². The first kappa shape index (κ1) is 11.7. The maximum atomic E-state index is 5.64. The van der Waals surface area contributed by atoms with Gasteiger partial charge < -0.3 is 10.1 Å². The van der Waals surface area contributed by atoms with Crippen molar-refractivity contribution in [3.05, 3.63) is 34.3 Å². The number of hydrogen-bond acceptors (Lipinski definition) is 2. The van der Waals surface area contributed by atoms with Gasteiger partial charge in [0.15, 0.2) is 0 Å². The molecule has 3 heteroatoms. The largest absolute Gasteiger partial charge is 0.372 e. The Bertz CT molecular complexity index is 272. The summed E-state index contributed by atoms with van der Waals surface area (Å²) >= 11 is 3.46. The standard InChI is InChI=1S/C11H16BrNO/c1-3-14-11(8-13-2)9-5-4-6-10(12)7-9/h4-7,11,13H,3,8H2,1-2H3/t11-/m0/s1. The lowest BCUT2D eigenvalue weighted by molar-refractivity contribution is 0.0637. The van der Waals surface area contributed by atoms with Crippen LogP contribution >= 0.6 is 15.9 Å². The van der Waals surface area contributed by atoms with Crippen LogP contribution in [0.3, 0.4) is 0 Å². The second-order valence-corrected chi connectivity index (χ2v) is 3.97. The van der Waals surface area contributed by atoms with Gasteiger partial charge in [-0.25, -0.2) is 0 Å². The predicted octanol–water partition coefficient (Wildman–Crippen LogP) is 2.75. The van der Waals surface area contributed by atoms with E-state index in [4.69, 9.17) is 4.74 Å². The second-order valence-electron chi connectivity index (χ2n) is 3.06. The van der Waals surface area contributed by atoms with Crippen LogP contribution in [-0.2, 0) is 4.74 Å². The number of halogens is 1. The number of ether oxygens (including phenoxy) is 1. The Morgan fingerprint density at radius 3 is 2.86 bits per heavy atom. The monoisotopic (exact) mass is 257 g/mol. The van der Waals surface area contributed by atoms with Crippen LogP contribution < -0.4 is 5.32 Å². The number of rotatable bonds is 5. The van der Waals surface area contributed by atoms with Gasteiger partial charge in [-0.2, -0.15) is 0 Å². The Labute approximate surface area is 93.8 Å². The molecule has 0 aliphatic heterocycles. The van der Waals surface area contributed by atoms with Crippen molar-refractivity contribution in [2.24, 2.45) is 0 Å². The molecule has 14 heavy (non-hydrogen) atoms. The topological polar surface area (TPSA) is 21.3 Å². The van der Waals surface area contributed by atoms with E-state index in [2.05, 4.69) is 33.4 Å². The summed E-state index contributed by atoms with van der Waals surface area (Å²) in [6.07, 6.45) is 0.141. The van der Waals surface area contributed by atoms with E-state index < -0.39 is 0 Å². The van der Waals surface area contributed by atoms with Gasteiger partial charge in [0, 0.05) is 17.6 Å². The summed E-state index contributed by atoms with van der Waals surface area (Å²) in [5.74, 6) is 0. The third-order valence-corrected chi connectivity index (χ3v) is 2.47. The zero-order chi connectivity index (χ0) is 10.4. The highest BCUT2D eigenvalue weighted by atomic mass is 79.9. The van der Waals surface area contributed by atoms with E-state index in [0.29, 0.717) is 0 Å². The zero-order valence-electron chi connectivity index (χ0n) is 8.59. The molecule has 0 aliphatic rings. The van der Waals surface area contributed by atoms with Crippen LogP contribution in [0, 0.1) is 0 Å². The molecule has 0 aliphatic carbocycles. The van der Waals surface area contributed by atoms with Gasteiger partial charge in [-0.3, -0.25) is 0 Å². The van der Waals surface area contributed by atoms with Gasteiger partial charge in [0.1, 0.15) is 0 Å². The lowest BCUT2D eigenvalue weighted by atomic mass is 10.1. The summed E-state index contributed by atoms with van der Waals surface area (Å²) in [6.45, 7) is 3.59. The summed E-state index contributed by atoms with van der Waals surface area (Å²) in [7, 11) is 1.93. The minimum Gasteiger partial charge on any atom is -0.372 e. The van der Waals surface area contributed by atoms with Crippen molar-refractivity contribution in [2.45, 2.75) is 13.0 Å². The van der Waals surface area contributed by atoms with E-state index in [-0.39, 0.29) is 6.10 Å². The fourth-order valence-electron chi connectivity index (χ4n) is 1.37. The molecular formula is C11H16BrNO. The van der Waals surface area contributed by atoms with Crippen molar-refractivity contribution >= 4 is 15.9 Å². The number of nitrogens with one attached hydrogen (secondary N) is 1. The summed E-state index contributed by atoms with van der Waals surface area (Å²) < 4.78 is 6.73. The summed E-state index contributed by atoms with van der Waals surface area (Å²) in [4.78, 5) is 0. The maximum Gasteiger partial charge on any atom is 0.0949 e. The van der Waals surface area contributed by atoms with Crippen molar-refractivity contribution in [2.75, 3.05) is 20.2 Å². The van der Waals surface area contributed by atoms with Crippen molar-refractivity contribution in [1.29, 1.82) is 0 Å². The molecule has 0 fully saturated rings. The first-order chi connectivity index (χ1) is 6.77. The maximum absolute atomic E-state index is 5.64. The number of hydrogen-bond donors (Lipinski definition) is 1. The Morgan fingerprint density at radius 1 is 1.50 bits per heavy atom. The smallest absolute Gasteiger partial charge is 0.0949 e. The third kappa shape index (κ3) is 3.40. The highest BCUT2D eigenvalue weighted by Gasteiger charge is 2.09.